The van der Waals surface area contributed by atoms with Crippen LogP contribution in [-0.2, 0) is 9.53 Å². The highest BCUT2D eigenvalue weighted by Gasteiger charge is 2.32. The van der Waals surface area contributed by atoms with Gasteiger partial charge in [-0.3, -0.25) is 14.7 Å². The second kappa shape index (κ2) is 10.6. The standard InChI is InChI=1S/C23H28N2O4.ClH/c1-2-23(26)29-18-9-13-25(20(15-18)17-7-11-24-12-8-17)14-10-19-16-27-21-5-3-4-6-22(21)28-19;/h3-8,11-12,18-20H,2,9-10,13-16H2,1H3;1H. The first-order valence-corrected chi connectivity index (χ1v) is 10.4. The van der Waals surface area contributed by atoms with Crippen LogP contribution in [0.2, 0.25) is 0 Å². The van der Waals surface area contributed by atoms with Crippen molar-refractivity contribution in [1.82, 2.24) is 9.88 Å². The van der Waals surface area contributed by atoms with Crippen LogP contribution in [0.1, 0.15) is 44.2 Å². The third-order valence-corrected chi connectivity index (χ3v) is 5.65. The van der Waals surface area contributed by atoms with Gasteiger partial charge in [0.25, 0.3) is 0 Å². The number of likely N-dealkylation sites (tertiary alicyclic amines) is 1. The van der Waals surface area contributed by atoms with Crippen LogP contribution in [-0.4, -0.2) is 47.8 Å². The lowest BCUT2D eigenvalue weighted by Crippen LogP contribution is -2.42. The number of piperidine rings is 1. The molecule has 4 rings (SSSR count). The SMILES string of the molecule is CCC(=O)OC1CCN(CCC2COc3ccccc3O2)C(c2ccncc2)C1.Cl. The van der Waals surface area contributed by atoms with Crippen molar-refractivity contribution in [2.75, 3.05) is 19.7 Å². The van der Waals surface area contributed by atoms with E-state index in [1.54, 1.807) is 0 Å². The summed E-state index contributed by atoms with van der Waals surface area (Å²) in [6, 6.07) is 12.1. The molecule has 1 aromatic carbocycles. The van der Waals surface area contributed by atoms with Gasteiger partial charge in [-0.2, -0.15) is 0 Å². The predicted octanol–water partition coefficient (Wildman–Crippen LogP) is 4.19. The van der Waals surface area contributed by atoms with Crippen LogP contribution in [0, 0.1) is 0 Å². The molecule has 1 saturated heterocycles. The van der Waals surface area contributed by atoms with E-state index in [4.69, 9.17) is 14.2 Å². The Morgan fingerprint density at radius 2 is 1.97 bits per heavy atom. The molecule has 2 aromatic rings. The van der Waals surface area contributed by atoms with Gasteiger partial charge >= 0.3 is 5.97 Å². The Morgan fingerprint density at radius 3 is 2.73 bits per heavy atom. The summed E-state index contributed by atoms with van der Waals surface area (Å²) in [5.41, 5.74) is 1.21. The first kappa shape index (κ1) is 22.4. The molecule has 162 valence electrons. The lowest BCUT2D eigenvalue weighted by Gasteiger charge is -2.40. The number of aromatic nitrogens is 1. The van der Waals surface area contributed by atoms with Crippen molar-refractivity contribution in [1.29, 1.82) is 0 Å². The lowest BCUT2D eigenvalue weighted by atomic mass is 9.93. The summed E-state index contributed by atoms with van der Waals surface area (Å²) in [6.45, 7) is 4.19. The van der Waals surface area contributed by atoms with E-state index in [1.165, 1.54) is 5.56 Å². The van der Waals surface area contributed by atoms with Gasteiger partial charge in [-0.05, 0) is 36.2 Å². The normalized spacial score (nSPS) is 23.3. The maximum Gasteiger partial charge on any atom is 0.305 e. The van der Waals surface area contributed by atoms with E-state index in [2.05, 4.69) is 22.0 Å². The van der Waals surface area contributed by atoms with Crippen LogP contribution in [0.5, 0.6) is 11.5 Å². The molecule has 0 bridgehead atoms. The van der Waals surface area contributed by atoms with E-state index in [9.17, 15) is 4.79 Å². The highest BCUT2D eigenvalue weighted by molar-refractivity contribution is 5.85. The fraction of sp³-hybridized carbons (Fsp3) is 0.478. The Morgan fingerprint density at radius 1 is 1.20 bits per heavy atom. The molecule has 0 amide bonds. The molecule has 3 heterocycles. The number of pyridine rings is 1. The number of hydrogen-bond donors (Lipinski definition) is 0. The van der Waals surface area contributed by atoms with Crippen LogP contribution >= 0.6 is 12.4 Å². The van der Waals surface area contributed by atoms with E-state index in [-0.39, 0.29) is 36.6 Å². The van der Waals surface area contributed by atoms with Gasteiger partial charge in [0.2, 0.25) is 0 Å². The van der Waals surface area contributed by atoms with Crippen molar-refractivity contribution in [2.24, 2.45) is 0 Å². The minimum Gasteiger partial charge on any atom is -0.486 e. The average molecular weight is 433 g/mol. The average Bonchev–Trinajstić information content (AvgIpc) is 2.78. The van der Waals surface area contributed by atoms with Gasteiger partial charge in [0.1, 0.15) is 18.8 Å². The van der Waals surface area contributed by atoms with Crippen LogP contribution in [0.3, 0.4) is 0 Å². The fourth-order valence-corrected chi connectivity index (χ4v) is 4.07. The molecular weight excluding hydrogens is 404 g/mol. The predicted molar refractivity (Wildman–Crippen MR) is 116 cm³/mol. The number of nitrogens with zero attached hydrogens (tertiary/aromatic N) is 2. The van der Waals surface area contributed by atoms with Gasteiger partial charge in [-0.25, -0.2) is 0 Å². The molecule has 30 heavy (non-hydrogen) atoms. The molecule has 7 heteroatoms. The van der Waals surface area contributed by atoms with Crippen molar-refractivity contribution in [2.45, 2.75) is 50.9 Å². The summed E-state index contributed by atoms with van der Waals surface area (Å²) in [7, 11) is 0. The largest absolute Gasteiger partial charge is 0.486 e. The molecule has 6 nitrogen and oxygen atoms in total. The minimum absolute atomic E-state index is 0. The Balaban J connectivity index is 0.00000256. The number of carbonyl (C=O) groups excluding carboxylic acids is 1. The van der Waals surface area contributed by atoms with Crippen LogP contribution in [0.25, 0.3) is 0 Å². The molecule has 0 saturated carbocycles. The molecule has 1 aromatic heterocycles. The summed E-state index contributed by atoms with van der Waals surface area (Å²) >= 11 is 0. The maximum atomic E-state index is 11.8. The highest BCUT2D eigenvalue weighted by atomic mass is 35.5. The summed E-state index contributed by atoms with van der Waals surface area (Å²) in [6.07, 6.45) is 6.63. The Bertz CT molecular complexity index is 820. The number of hydrogen-bond acceptors (Lipinski definition) is 6. The minimum atomic E-state index is -0.122. The third kappa shape index (κ3) is 5.43. The van der Waals surface area contributed by atoms with Crippen LogP contribution < -0.4 is 9.47 Å². The summed E-state index contributed by atoms with van der Waals surface area (Å²) in [4.78, 5) is 18.4. The summed E-state index contributed by atoms with van der Waals surface area (Å²) < 4.78 is 17.6. The Kier molecular flexibility index (Phi) is 7.94. The zero-order valence-electron chi connectivity index (χ0n) is 17.2. The van der Waals surface area contributed by atoms with E-state index in [0.29, 0.717) is 13.0 Å². The number of para-hydroxylation sites is 2. The fourth-order valence-electron chi connectivity index (χ4n) is 4.07. The third-order valence-electron chi connectivity index (χ3n) is 5.65. The first-order chi connectivity index (χ1) is 14.2. The number of carbonyl (C=O) groups is 1. The van der Waals surface area contributed by atoms with E-state index in [1.807, 2.05) is 43.6 Å². The molecule has 2 aliphatic heterocycles. The highest BCUT2D eigenvalue weighted by Crippen LogP contribution is 2.34. The maximum absolute atomic E-state index is 11.8. The molecule has 0 spiro atoms. The zero-order valence-corrected chi connectivity index (χ0v) is 18.1. The van der Waals surface area contributed by atoms with Gasteiger partial charge in [-0.15, -0.1) is 12.4 Å². The smallest absolute Gasteiger partial charge is 0.305 e. The van der Waals surface area contributed by atoms with E-state index < -0.39 is 0 Å². The molecule has 2 aliphatic rings. The molecular formula is C23H29ClN2O4. The molecule has 1 fully saturated rings. The molecule has 0 N–H and O–H groups in total. The number of benzene rings is 1. The topological polar surface area (TPSA) is 60.9 Å². The van der Waals surface area contributed by atoms with Gasteiger partial charge in [-0.1, -0.05) is 19.1 Å². The molecule has 0 aliphatic carbocycles. The van der Waals surface area contributed by atoms with Gasteiger partial charge < -0.3 is 14.2 Å². The lowest BCUT2D eigenvalue weighted by molar-refractivity contribution is -0.152. The van der Waals surface area contributed by atoms with Crippen molar-refractivity contribution >= 4 is 18.4 Å². The van der Waals surface area contributed by atoms with E-state index in [0.717, 1.165) is 43.9 Å². The van der Waals surface area contributed by atoms with Crippen LogP contribution in [0.15, 0.2) is 48.8 Å². The zero-order chi connectivity index (χ0) is 20.1. The number of fused-ring (bicyclic) bond motifs is 1. The monoisotopic (exact) mass is 432 g/mol. The van der Waals surface area contributed by atoms with Crippen LogP contribution in [0.4, 0.5) is 0 Å². The van der Waals surface area contributed by atoms with Crippen molar-refractivity contribution in [3.63, 3.8) is 0 Å². The van der Waals surface area contributed by atoms with Crippen molar-refractivity contribution in [3.8, 4) is 11.5 Å². The first-order valence-electron chi connectivity index (χ1n) is 10.4. The number of halogens is 1. The van der Waals surface area contributed by atoms with Crippen molar-refractivity contribution in [3.05, 3.63) is 54.4 Å². The molecule has 0 radical (unpaired) electrons. The Hall–Kier alpha value is -2.31. The molecule has 3 unspecified atom stereocenters. The number of esters is 1. The van der Waals surface area contributed by atoms with E-state index >= 15 is 0 Å². The van der Waals surface area contributed by atoms with Gasteiger partial charge in [0, 0.05) is 50.8 Å². The van der Waals surface area contributed by atoms with Crippen molar-refractivity contribution < 1.29 is 19.0 Å². The van der Waals surface area contributed by atoms with Gasteiger partial charge in [0.05, 0.1) is 0 Å². The summed E-state index contributed by atoms with van der Waals surface area (Å²) in [5, 5.41) is 0. The van der Waals surface area contributed by atoms with Gasteiger partial charge in [0.15, 0.2) is 11.5 Å². The molecule has 3 atom stereocenters. The second-order valence-electron chi connectivity index (χ2n) is 7.61. The second-order valence-corrected chi connectivity index (χ2v) is 7.61. The number of ether oxygens (including phenoxy) is 3. The quantitative estimate of drug-likeness (QED) is 0.638. The summed E-state index contributed by atoms with van der Waals surface area (Å²) in [5.74, 6) is 1.51. The Labute approximate surface area is 183 Å². The number of rotatable bonds is 6.